The van der Waals surface area contributed by atoms with Crippen LogP contribution < -0.4 is 11.1 Å². The summed E-state index contributed by atoms with van der Waals surface area (Å²) in [5, 5.41) is 2.86. The van der Waals surface area contributed by atoms with Crippen LogP contribution in [0.1, 0.15) is 25.1 Å². The lowest BCUT2D eigenvalue weighted by molar-refractivity contribution is -0.120. The monoisotopic (exact) mass is 270 g/mol. The first-order valence-electron chi connectivity index (χ1n) is 6.00. The van der Waals surface area contributed by atoms with Crippen LogP contribution in [-0.4, -0.2) is 22.4 Å². The lowest BCUT2D eigenvalue weighted by Crippen LogP contribution is -2.29. The average Bonchev–Trinajstić information content (AvgIpc) is 2.80. The van der Waals surface area contributed by atoms with E-state index in [4.69, 9.17) is 5.73 Å². The third-order valence-electron chi connectivity index (χ3n) is 3.35. The van der Waals surface area contributed by atoms with Gasteiger partial charge in [0.2, 0.25) is 5.91 Å². The zero-order valence-electron chi connectivity index (χ0n) is 10.4. The van der Waals surface area contributed by atoms with Gasteiger partial charge in [-0.2, -0.15) is 0 Å². The van der Waals surface area contributed by atoms with Crippen LogP contribution in [-0.2, 0) is 4.79 Å². The zero-order chi connectivity index (χ0) is 12.3. The van der Waals surface area contributed by atoms with Gasteiger partial charge in [-0.25, -0.2) is 9.97 Å². The molecule has 3 N–H and O–H groups in total. The van der Waals surface area contributed by atoms with Gasteiger partial charge in [0.05, 0.1) is 18.1 Å². The van der Waals surface area contributed by atoms with E-state index in [0.29, 0.717) is 24.0 Å². The summed E-state index contributed by atoms with van der Waals surface area (Å²) in [5.41, 5.74) is 6.33. The molecule has 1 amide bonds. The normalized spacial score (nSPS) is 22.3. The Morgan fingerprint density at radius 1 is 1.44 bits per heavy atom. The first-order valence-corrected chi connectivity index (χ1v) is 6.00. The number of carbonyl (C=O) groups excluding carboxylic acids is 1. The molecule has 1 fully saturated rings. The van der Waals surface area contributed by atoms with Gasteiger partial charge in [0.1, 0.15) is 5.82 Å². The van der Waals surface area contributed by atoms with Crippen molar-refractivity contribution in [3.63, 3.8) is 0 Å². The predicted octanol–water partition coefficient (Wildman–Crippen LogP) is 1.52. The second-order valence-corrected chi connectivity index (χ2v) is 4.54. The van der Waals surface area contributed by atoms with E-state index >= 15 is 0 Å². The van der Waals surface area contributed by atoms with Gasteiger partial charge in [0.15, 0.2) is 0 Å². The van der Waals surface area contributed by atoms with E-state index in [0.717, 1.165) is 19.3 Å². The molecular formula is C12H19ClN4O. The topological polar surface area (TPSA) is 80.9 Å². The van der Waals surface area contributed by atoms with Gasteiger partial charge in [0.25, 0.3) is 0 Å². The van der Waals surface area contributed by atoms with Crippen LogP contribution in [0.15, 0.2) is 12.4 Å². The summed E-state index contributed by atoms with van der Waals surface area (Å²) >= 11 is 0. The Balaban J connectivity index is 0.00000162. The van der Waals surface area contributed by atoms with Crippen molar-refractivity contribution in [1.29, 1.82) is 0 Å². The van der Waals surface area contributed by atoms with Gasteiger partial charge in [-0.1, -0.05) is 6.42 Å². The van der Waals surface area contributed by atoms with Crippen LogP contribution in [0.3, 0.4) is 0 Å². The molecule has 0 unspecified atom stereocenters. The van der Waals surface area contributed by atoms with Crippen molar-refractivity contribution in [2.24, 2.45) is 17.6 Å². The maximum Gasteiger partial charge on any atom is 0.227 e. The van der Waals surface area contributed by atoms with Crippen LogP contribution in [0.5, 0.6) is 0 Å². The number of aryl methyl sites for hydroxylation is 1. The minimum Gasteiger partial charge on any atom is -0.330 e. The molecule has 2 atom stereocenters. The molecule has 1 aromatic heterocycles. The zero-order valence-corrected chi connectivity index (χ0v) is 11.2. The molecule has 1 aliphatic rings. The molecule has 6 heteroatoms. The van der Waals surface area contributed by atoms with Gasteiger partial charge in [-0.3, -0.25) is 4.79 Å². The number of amides is 1. The Labute approximate surface area is 113 Å². The summed E-state index contributed by atoms with van der Waals surface area (Å²) in [6.45, 7) is 2.40. The van der Waals surface area contributed by atoms with Crippen molar-refractivity contribution >= 4 is 24.0 Å². The third-order valence-corrected chi connectivity index (χ3v) is 3.35. The molecule has 0 spiro atoms. The summed E-state index contributed by atoms with van der Waals surface area (Å²) in [7, 11) is 0. The van der Waals surface area contributed by atoms with Gasteiger partial charge in [0, 0.05) is 5.92 Å². The third kappa shape index (κ3) is 3.40. The number of hydrogen-bond donors (Lipinski definition) is 2. The molecule has 0 radical (unpaired) electrons. The van der Waals surface area contributed by atoms with Crippen LogP contribution >= 0.6 is 12.4 Å². The van der Waals surface area contributed by atoms with Gasteiger partial charge >= 0.3 is 0 Å². The smallest absolute Gasteiger partial charge is 0.227 e. The van der Waals surface area contributed by atoms with E-state index in [1.807, 2.05) is 6.92 Å². The molecule has 1 saturated carbocycles. The first kappa shape index (κ1) is 14.9. The number of nitrogens with one attached hydrogen (secondary N) is 1. The van der Waals surface area contributed by atoms with Crippen molar-refractivity contribution in [3.8, 4) is 0 Å². The highest BCUT2D eigenvalue weighted by Crippen LogP contribution is 2.31. The van der Waals surface area contributed by atoms with Crippen molar-refractivity contribution in [1.82, 2.24) is 9.97 Å². The fourth-order valence-electron chi connectivity index (χ4n) is 2.36. The fourth-order valence-corrected chi connectivity index (χ4v) is 2.36. The maximum absolute atomic E-state index is 12.0. The van der Waals surface area contributed by atoms with Crippen molar-refractivity contribution in [2.75, 3.05) is 11.9 Å². The van der Waals surface area contributed by atoms with Gasteiger partial charge in [-0.15, -0.1) is 12.4 Å². The minimum absolute atomic E-state index is 0. The number of rotatable bonds is 3. The summed E-state index contributed by atoms with van der Waals surface area (Å²) in [5.74, 6) is 1.11. The number of halogens is 1. The second-order valence-electron chi connectivity index (χ2n) is 4.54. The lowest BCUT2D eigenvalue weighted by Gasteiger charge is -2.17. The highest BCUT2D eigenvalue weighted by molar-refractivity contribution is 5.92. The molecule has 0 bridgehead atoms. The van der Waals surface area contributed by atoms with E-state index < -0.39 is 0 Å². The van der Waals surface area contributed by atoms with E-state index in [-0.39, 0.29) is 24.2 Å². The SMILES string of the molecule is Cc1ncc(NC(=O)[C@@H]2CCC[C@@H]2CN)cn1.Cl. The average molecular weight is 271 g/mol. The molecule has 0 saturated heterocycles. The molecule has 18 heavy (non-hydrogen) atoms. The molecule has 2 rings (SSSR count). The summed E-state index contributed by atoms with van der Waals surface area (Å²) < 4.78 is 0. The molecule has 0 aromatic carbocycles. The van der Waals surface area contributed by atoms with Crippen LogP contribution in [0.2, 0.25) is 0 Å². The van der Waals surface area contributed by atoms with Crippen LogP contribution in [0.25, 0.3) is 0 Å². The van der Waals surface area contributed by atoms with Gasteiger partial charge in [-0.05, 0) is 32.2 Å². The molecule has 0 aliphatic heterocycles. The van der Waals surface area contributed by atoms with E-state index in [2.05, 4.69) is 15.3 Å². The van der Waals surface area contributed by atoms with E-state index in [1.54, 1.807) is 12.4 Å². The molecule has 1 aromatic rings. The van der Waals surface area contributed by atoms with Crippen molar-refractivity contribution < 1.29 is 4.79 Å². The molecule has 1 aliphatic carbocycles. The summed E-state index contributed by atoms with van der Waals surface area (Å²) in [6.07, 6.45) is 6.34. The Morgan fingerprint density at radius 3 is 2.72 bits per heavy atom. The van der Waals surface area contributed by atoms with Crippen LogP contribution in [0, 0.1) is 18.8 Å². The minimum atomic E-state index is 0. The highest BCUT2D eigenvalue weighted by atomic mass is 35.5. The Morgan fingerprint density at radius 2 is 2.11 bits per heavy atom. The number of nitrogens with two attached hydrogens (primary N) is 1. The lowest BCUT2D eigenvalue weighted by atomic mass is 9.95. The molecule has 100 valence electrons. The number of nitrogens with zero attached hydrogens (tertiary/aromatic N) is 2. The number of aromatic nitrogens is 2. The molecule has 5 nitrogen and oxygen atoms in total. The first-order chi connectivity index (χ1) is 8.20. The molecule has 1 heterocycles. The van der Waals surface area contributed by atoms with E-state index in [1.165, 1.54) is 0 Å². The summed E-state index contributed by atoms with van der Waals surface area (Å²) in [6, 6.07) is 0. The quantitative estimate of drug-likeness (QED) is 0.873. The highest BCUT2D eigenvalue weighted by Gasteiger charge is 2.31. The predicted molar refractivity (Wildman–Crippen MR) is 72.5 cm³/mol. The van der Waals surface area contributed by atoms with E-state index in [9.17, 15) is 4.79 Å². The van der Waals surface area contributed by atoms with Crippen molar-refractivity contribution in [2.45, 2.75) is 26.2 Å². The largest absolute Gasteiger partial charge is 0.330 e. The van der Waals surface area contributed by atoms with Crippen LogP contribution in [0.4, 0.5) is 5.69 Å². The Hall–Kier alpha value is -1.20. The van der Waals surface area contributed by atoms with Crippen molar-refractivity contribution in [3.05, 3.63) is 18.2 Å². The molecular weight excluding hydrogens is 252 g/mol. The number of anilines is 1. The Kier molecular flexibility index (Phi) is 5.50. The number of hydrogen-bond acceptors (Lipinski definition) is 4. The Bertz CT molecular complexity index is 396. The maximum atomic E-state index is 12.0. The fraction of sp³-hybridized carbons (Fsp3) is 0.583. The summed E-state index contributed by atoms with van der Waals surface area (Å²) in [4.78, 5) is 20.1. The second kappa shape index (κ2) is 6.66. The standard InChI is InChI=1S/C12H18N4O.ClH/c1-8-14-6-10(7-15-8)16-12(17)11-4-2-3-9(11)5-13;/h6-7,9,11H,2-5,13H2,1H3,(H,16,17);1H/t9-,11-;/m1./s1. The number of carbonyl (C=O) groups is 1. The van der Waals surface area contributed by atoms with Gasteiger partial charge < -0.3 is 11.1 Å².